The summed E-state index contributed by atoms with van der Waals surface area (Å²) in [5, 5.41) is 16.2. The summed E-state index contributed by atoms with van der Waals surface area (Å²) in [5.74, 6) is -0.163. The van der Waals surface area contributed by atoms with Gasteiger partial charge in [-0.3, -0.25) is 14.9 Å². The summed E-state index contributed by atoms with van der Waals surface area (Å²) in [6.07, 6.45) is 0. The molecule has 0 aliphatic carbocycles. The van der Waals surface area contributed by atoms with Gasteiger partial charge in [0.05, 0.1) is 11.5 Å². The number of nitrogen functional groups attached to an aromatic ring is 1. The van der Waals surface area contributed by atoms with E-state index in [0.29, 0.717) is 5.69 Å². The van der Waals surface area contributed by atoms with E-state index in [2.05, 4.69) is 10.6 Å². The van der Waals surface area contributed by atoms with E-state index in [9.17, 15) is 14.9 Å². The number of hydrogen-bond donors (Lipinski definition) is 3. The van der Waals surface area contributed by atoms with Gasteiger partial charge in [-0.2, -0.15) is 0 Å². The molecule has 0 atom stereocenters. The van der Waals surface area contributed by atoms with Crippen molar-refractivity contribution in [2.45, 2.75) is 26.3 Å². The lowest BCUT2D eigenvalue weighted by molar-refractivity contribution is -0.383. The number of nitro groups is 1. The lowest BCUT2D eigenvalue weighted by atomic mass is 10.1. The predicted molar refractivity (Wildman–Crippen MR) is 73.9 cm³/mol. The van der Waals surface area contributed by atoms with Gasteiger partial charge in [-0.05, 0) is 32.9 Å². The molecule has 0 unspecified atom stereocenters. The zero-order valence-electron chi connectivity index (χ0n) is 11.2. The van der Waals surface area contributed by atoms with E-state index in [-0.39, 0.29) is 29.4 Å². The fourth-order valence-electron chi connectivity index (χ4n) is 1.48. The molecule has 4 N–H and O–H groups in total. The highest BCUT2D eigenvalue weighted by atomic mass is 16.6. The van der Waals surface area contributed by atoms with Crippen LogP contribution in [0.2, 0.25) is 0 Å². The minimum absolute atomic E-state index is 0.0613. The van der Waals surface area contributed by atoms with Crippen molar-refractivity contribution in [2.75, 3.05) is 17.6 Å². The van der Waals surface area contributed by atoms with Crippen molar-refractivity contribution >= 4 is 23.0 Å². The van der Waals surface area contributed by atoms with Gasteiger partial charge in [0.2, 0.25) is 5.91 Å². The largest absolute Gasteiger partial charge is 0.393 e. The first-order valence-corrected chi connectivity index (χ1v) is 5.78. The number of rotatable bonds is 4. The molecule has 0 aliphatic heterocycles. The second kappa shape index (κ2) is 5.55. The van der Waals surface area contributed by atoms with E-state index >= 15 is 0 Å². The first-order valence-electron chi connectivity index (χ1n) is 5.78. The standard InChI is InChI=1S/C12H18N4O3/c1-12(2,3)15-11(17)7-14-8-4-5-10(16(18)19)9(13)6-8/h4-6,14H,7,13H2,1-3H3,(H,15,17). The third-order valence-corrected chi connectivity index (χ3v) is 2.19. The van der Waals surface area contributed by atoms with Crippen LogP contribution in [-0.4, -0.2) is 22.9 Å². The molecule has 104 valence electrons. The monoisotopic (exact) mass is 266 g/mol. The summed E-state index contributed by atoms with van der Waals surface area (Å²) in [6, 6.07) is 4.25. The molecule has 0 aromatic heterocycles. The lowest BCUT2D eigenvalue weighted by Gasteiger charge is -2.20. The van der Waals surface area contributed by atoms with Crippen LogP contribution in [0.25, 0.3) is 0 Å². The number of anilines is 2. The molecule has 0 radical (unpaired) electrons. The summed E-state index contributed by atoms with van der Waals surface area (Å²) < 4.78 is 0. The van der Waals surface area contributed by atoms with E-state index < -0.39 is 4.92 Å². The molecule has 0 heterocycles. The molecule has 0 saturated heterocycles. The van der Waals surface area contributed by atoms with Crippen molar-refractivity contribution in [3.63, 3.8) is 0 Å². The highest BCUT2D eigenvalue weighted by molar-refractivity contribution is 5.81. The fraction of sp³-hybridized carbons (Fsp3) is 0.417. The summed E-state index contributed by atoms with van der Waals surface area (Å²) >= 11 is 0. The Morgan fingerprint density at radius 2 is 2.05 bits per heavy atom. The molecule has 0 bridgehead atoms. The number of carbonyl (C=O) groups is 1. The average molecular weight is 266 g/mol. The second-order valence-electron chi connectivity index (χ2n) is 5.18. The molecule has 7 nitrogen and oxygen atoms in total. The Kier molecular flexibility index (Phi) is 4.31. The highest BCUT2D eigenvalue weighted by Gasteiger charge is 2.14. The molecule has 1 aromatic carbocycles. The number of benzene rings is 1. The maximum atomic E-state index is 11.6. The molecule has 1 rings (SSSR count). The van der Waals surface area contributed by atoms with Crippen molar-refractivity contribution in [2.24, 2.45) is 0 Å². The summed E-state index contributed by atoms with van der Waals surface area (Å²) in [7, 11) is 0. The van der Waals surface area contributed by atoms with Crippen molar-refractivity contribution in [1.82, 2.24) is 5.32 Å². The van der Waals surface area contributed by atoms with Crippen LogP contribution in [-0.2, 0) is 4.79 Å². The molecule has 1 amide bonds. The van der Waals surface area contributed by atoms with Gasteiger partial charge in [-0.25, -0.2) is 0 Å². The molecule has 0 fully saturated rings. The molecule has 7 heteroatoms. The Bertz CT molecular complexity index is 494. The summed E-state index contributed by atoms with van der Waals surface area (Å²) in [6.45, 7) is 5.73. The maximum absolute atomic E-state index is 11.6. The van der Waals surface area contributed by atoms with Crippen LogP contribution in [0.4, 0.5) is 17.1 Å². The van der Waals surface area contributed by atoms with Gasteiger partial charge in [-0.1, -0.05) is 0 Å². The molecule has 0 saturated carbocycles. The zero-order valence-corrected chi connectivity index (χ0v) is 11.2. The number of nitro benzene ring substituents is 1. The predicted octanol–water partition coefficient (Wildman–Crippen LogP) is 1.50. The quantitative estimate of drug-likeness (QED) is 0.434. The third-order valence-electron chi connectivity index (χ3n) is 2.19. The van der Waals surface area contributed by atoms with Crippen molar-refractivity contribution in [3.8, 4) is 0 Å². The van der Waals surface area contributed by atoms with Gasteiger partial charge in [0, 0.05) is 17.3 Å². The molecule has 19 heavy (non-hydrogen) atoms. The molecule has 1 aromatic rings. The van der Waals surface area contributed by atoms with E-state index in [1.807, 2.05) is 20.8 Å². The number of nitrogens with two attached hydrogens (primary N) is 1. The lowest BCUT2D eigenvalue weighted by Crippen LogP contribution is -2.43. The van der Waals surface area contributed by atoms with Crippen LogP contribution >= 0.6 is 0 Å². The van der Waals surface area contributed by atoms with Gasteiger partial charge < -0.3 is 16.4 Å². The van der Waals surface area contributed by atoms with Gasteiger partial charge >= 0.3 is 0 Å². The van der Waals surface area contributed by atoms with Crippen molar-refractivity contribution in [1.29, 1.82) is 0 Å². The van der Waals surface area contributed by atoms with Crippen LogP contribution in [0.1, 0.15) is 20.8 Å². The second-order valence-corrected chi connectivity index (χ2v) is 5.18. The van der Waals surface area contributed by atoms with Gasteiger partial charge in [0.1, 0.15) is 5.69 Å². The maximum Gasteiger partial charge on any atom is 0.292 e. The van der Waals surface area contributed by atoms with E-state index in [4.69, 9.17) is 5.73 Å². The number of amides is 1. The number of carbonyl (C=O) groups excluding carboxylic acids is 1. The Labute approximate surface area is 111 Å². The van der Waals surface area contributed by atoms with Crippen molar-refractivity contribution in [3.05, 3.63) is 28.3 Å². The van der Waals surface area contributed by atoms with Crippen LogP contribution in [0.5, 0.6) is 0 Å². The van der Waals surface area contributed by atoms with E-state index in [1.165, 1.54) is 18.2 Å². The molecular formula is C12H18N4O3. The Balaban J connectivity index is 2.62. The Morgan fingerprint density at radius 3 is 2.53 bits per heavy atom. The summed E-state index contributed by atoms with van der Waals surface area (Å²) in [5.41, 5.74) is 5.72. The first kappa shape index (κ1) is 14.7. The Hall–Kier alpha value is -2.31. The summed E-state index contributed by atoms with van der Waals surface area (Å²) in [4.78, 5) is 21.6. The van der Waals surface area contributed by atoms with Crippen LogP contribution in [0.15, 0.2) is 18.2 Å². The SMILES string of the molecule is CC(C)(C)NC(=O)CNc1ccc([N+](=O)[O-])c(N)c1. The third kappa shape index (κ3) is 4.82. The number of hydrogen-bond acceptors (Lipinski definition) is 5. The minimum atomic E-state index is -0.550. The number of nitrogens with one attached hydrogen (secondary N) is 2. The number of nitrogens with zero attached hydrogens (tertiary/aromatic N) is 1. The smallest absolute Gasteiger partial charge is 0.292 e. The Morgan fingerprint density at radius 1 is 1.42 bits per heavy atom. The normalized spacial score (nSPS) is 10.9. The van der Waals surface area contributed by atoms with E-state index in [1.54, 1.807) is 0 Å². The molecule has 0 spiro atoms. The first-order chi connectivity index (χ1) is 8.69. The van der Waals surface area contributed by atoms with Gasteiger partial charge in [0.15, 0.2) is 0 Å². The van der Waals surface area contributed by atoms with Gasteiger partial charge in [-0.15, -0.1) is 0 Å². The average Bonchev–Trinajstić information content (AvgIpc) is 2.23. The highest BCUT2D eigenvalue weighted by Crippen LogP contribution is 2.24. The van der Waals surface area contributed by atoms with Gasteiger partial charge in [0.25, 0.3) is 5.69 Å². The van der Waals surface area contributed by atoms with Crippen LogP contribution < -0.4 is 16.4 Å². The zero-order chi connectivity index (χ0) is 14.6. The van der Waals surface area contributed by atoms with E-state index in [0.717, 1.165) is 0 Å². The molecule has 0 aliphatic rings. The molecular weight excluding hydrogens is 248 g/mol. The minimum Gasteiger partial charge on any atom is -0.393 e. The van der Waals surface area contributed by atoms with Crippen LogP contribution in [0, 0.1) is 10.1 Å². The topological polar surface area (TPSA) is 110 Å². The fourth-order valence-corrected chi connectivity index (χ4v) is 1.48. The van der Waals surface area contributed by atoms with Crippen molar-refractivity contribution < 1.29 is 9.72 Å². The van der Waals surface area contributed by atoms with Crippen LogP contribution in [0.3, 0.4) is 0 Å².